The first-order valence-corrected chi connectivity index (χ1v) is 6.02. The molecule has 0 aromatic rings. The summed E-state index contributed by atoms with van der Waals surface area (Å²) in [5.41, 5.74) is -0.00717. The van der Waals surface area contributed by atoms with Gasteiger partial charge in [-0.2, -0.15) is 0 Å². The van der Waals surface area contributed by atoms with Crippen molar-refractivity contribution in [2.24, 2.45) is 5.92 Å². The lowest BCUT2D eigenvalue weighted by molar-refractivity contribution is 0.0396. The Kier molecular flexibility index (Phi) is 6.35. The van der Waals surface area contributed by atoms with Crippen LogP contribution in [0.3, 0.4) is 0 Å². The fraction of sp³-hybridized carbons (Fsp3) is 0.769. The number of carbonyl (C=O) groups excluding carboxylic acids is 1. The third-order valence-electron chi connectivity index (χ3n) is 2.54. The predicted molar refractivity (Wildman–Crippen MR) is 70.2 cm³/mol. The molecule has 0 aliphatic carbocycles. The summed E-state index contributed by atoms with van der Waals surface area (Å²) in [7, 11) is 0. The summed E-state index contributed by atoms with van der Waals surface area (Å²) >= 11 is 0. The molecule has 5 heteroatoms. The van der Waals surface area contributed by atoms with Crippen molar-refractivity contribution in [2.75, 3.05) is 6.61 Å². The van der Waals surface area contributed by atoms with Gasteiger partial charge in [0.15, 0.2) is 0 Å². The lowest BCUT2D eigenvalue weighted by Gasteiger charge is -2.29. The Bertz CT molecular complexity index is 296. The minimum atomic E-state index is -0.780. The van der Waals surface area contributed by atoms with E-state index in [0.717, 1.165) is 0 Å². The highest BCUT2D eigenvalue weighted by atomic mass is 16.6. The molecule has 106 valence electrons. The van der Waals surface area contributed by atoms with E-state index < -0.39 is 23.8 Å². The standard InChI is InChI=1S/C13H25NO4/c1-8(2)11(16)9(3)10(7-15)14-12(17)18-13(4,5)6/h9-11,15-16H,1,7H2,2-6H3,(H,14,17)/t9-,10+,11-/m0/s1. The van der Waals surface area contributed by atoms with Crippen LogP contribution >= 0.6 is 0 Å². The van der Waals surface area contributed by atoms with Crippen molar-refractivity contribution >= 4 is 6.09 Å². The van der Waals surface area contributed by atoms with Gasteiger partial charge in [0.25, 0.3) is 0 Å². The largest absolute Gasteiger partial charge is 0.444 e. The first-order chi connectivity index (χ1) is 8.08. The Morgan fingerprint density at radius 3 is 2.28 bits per heavy atom. The van der Waals surface area contributed by atoms with Crippen molar-refractivity contribution in [1.82, 2.24) is 5.32 Å². The van der Waals surface area contributed by atoms with E-state index in [1.54, 1.807) is 34.6 Å². The van der Waals surface area contributed by atoms with Gasteiger partial charge in [0.1, 0.15) is 5.60 Å². The molecule has 3 atom stereocenters. The van der Waals surface area contributed by atoms with E-state index in [0.29, 0.717) is 5.57 Å². The van der Waals surface area contributed by atoms with Gasteiger partial charge in [-0.05, 0) is 27.7 Å². The van der Waals surface area contributed by atoms with Crippen LogP contribution in [0.4, 0.5) is 4.79 Å². The first kappa shape index (κ1) is 16.9. The Morgan fingerprint density at radius 2 is 1.94 bits per heavy atom. The second-order valence-electron chi connectivity index (χ2n) is 5.59. The fourth-order valence-electron chi connectivity index (χ4n) is 1.47. The van der Waals surface area contributed by atoms with Gasteiger partial charge in [0.2, 0.25) is 0 Å². The molecule has 0 fully saturated rings. The predicted octanol–water partition coefficient (Wildman–Crippen LogP) is 1.45. The number of aliphatic hydroxyl groups is 2. The van der Waals surface area contributed by atoms with E-state index in [1.807, 2.05) is 0 Å². The average molecular weight is 259 g/mol. The minimum Gasteiger partial charge on any atom is -0.444 e. The van der Waals surface area contributed by atoms with Crippen LogP contribution in [0.5, 0.6) is 0 Å². The molecule has 0 saturated heterocycles. The third kappa shape index (κ3) is 6.02. The quantitative estimate of drug-likeness (QED) is 0.653. The highest BCUT2D eigenvalue weighted by Gasteiger charge is 2.27. The summed E-state index contributed by atoms with van der Waals surface area (Å²) in [6.45, 7) is 12.1. The number of alkyl carbamates (subject to hydrolysis) is 1. The highest BCUT2D eigenvalue weighted by Crippen LogP contribution is 2.15. The van der Waals surface area contributed by atoms with E-state index >= 15 is 0 Å². The maximum Gasteiger partial charge on any atom is 0.407 e. The summed E-state index contributed by atoms with van der Waals surface area (Å²) in [6.07, 6.45) is -1.39. The zero-order chi connectivity index (χ0) is 14.5. The van der Waals surface area contributed by atoms with E-state index in [9.17, 15) is 15.0 Å². The van der Waals surface area contributed by atoms with Crippen molar-refractivity contribution in [3.8, 4) is 0 Å². The molecule has 1 amide bonds. The normalized spacial score (nSPS) is 16.6. The lowest BCUT2D eigenvalue weighted by atomic mass is 9.92. The van der Waals surface area contributed by atoms with Crippen LogP contribution in [0.15, 0.2) is 12.2 Å². The molecule has 0 bridgehead atoms. The summed E-state index contributed by atoms with van der Waals surface area (Å²) in [4.78, 5) is 11.6. The molecule has 0 saturated carbocycles. The zero-order valence-corrected chi connectivity index (χ0v) is 11.9. The van der Waals surface area contributed by atoms with Crippen molar-refractivity contribution in [2.45, 2.75) is 52.4 Å². The summed E-state index contributed by atoms with van der Waals surface area (Å²) in [6, 6.07) is -0.577. The number of amides is 1. The van der Waals surface area contributed by atoms with Crippen LogP contribution in [0.2, 0.25) is 0 Å². The average Bonchev–Trinajstić information content (AvgIpc) is 2.21. The monoisotopic (exact) mass is 259 g/mol. The molecule has 0 unspecified atom stereocenters. The Balaban J connectivity index is 4.52. The summed E-state index contributed by atoms with van der Waals surface area (Å²) < 4.78 is 5.10. The molecule has 0 heterocycles. The topological polar surface area (TPSA) is 78.8 Å². The number of nitrogens with one attached hydrogen (secondary N) is 1. The van der Waals surface area contributed by atoms with Crippen molar-refractivity contribution in [1.29, 1.82) is 0 Å². The van der Waals surface area contributed by atoms with Crippen molar-refractivity contribution < 1.29 is 19.7 Å². The SMILES string of the molecule is C=C(C)[C@H](O)[C@@H](C)[C@@H](CO)NC(=O)OC(C)(C)C. The van der Waals surface area contributed by atoms with Gasteiger partial charge in [-0.3, -0.25) is 0 Å². The van der Waals surface area contributed by atoms with E-state index in [-0.39, 0.29) is 12.5 Å². The van der Waals surface area contributed by atoms with E-state index in [4.69, 9.17) is 4.74 Å². The zero-order valence-electron chi connectivity index (χ0n) is 11.9. The van der Waals surface area contributed by atoms with Gasteiger partial charge >= 0.3 is 6.09 Å². The van der Waals surface area contributed by atoms with Crippen LogP contribution in [0.25, 0.3) is 0 Å². The molecule has 3 N–H and O–H groups in total. The van der Waals surface area contributed by atoms with E-state index in [2.05, 4.69) is 11.9 Å². The maximum atomic E-state index is 11.6. The summed E-state index contributed by atoms with van der Waals surface area (Å²) in [5.74, 6) is -0.347. The fourth-order valence-corrected chi connectivity index (χ4v) is 1.47. The number of hydrogen-bond acceptors (Lipinski definition) is 4. The van der Waals surface area contributed by atoms with Gasteiger partial charge in [0, 0.05) is 5.92 Å². The molecule has 0 rings (SSSR count). The van der Waals surface area contributed by atoms with Crippen LogP contribution in [0.1, 0.15) is 34.6 Å². The Morgan fingerprint density at radius 1 is 1.44 bits per heavy atom. The molecule has 0 aromatic heterocycles. The molecule has 5 nitrogen and oxygen atoms in total. The number of hydrogen-bond donors (Lipinski definition) is 3. The van der Waals surface area contributed by atoms with Crippen LogP contribution in [-0.2, 0) is 4.74 Å². The number of carbonyl (C=O) groups is 1. The molecular formula is C13H25NO4. The van der Waals surface area contributed by atoms with Crippen LogP contribution in [0, 0.1) is 5.92 Å². The molecule has 0 radical (unpaired) electrons. The second-order valence-corrected chi connectivity index (χ2v) is 5.59. The Labute approximate surface area is 109 Å². The first-order valence-electron chi connectivity index (χ1n) is 6.02. The molecule has 0 aromatic carbocycles. The van der Waals surface area contributed by atoms with E-state index in [1.165, 1.54) is 0 Å². The van der Waals surface area contributed by atoms with Gasteiger partial charge < -0.3 is 20.3 Å². The van der Waals surface area contributed by atoms with Crippen LogP contribution in [-0.4, -0.2) is 40.7 Å². The molecular weight excluding hydrogens is 234 g/mol. The summed E-state index contributed by atoms with van der Waals surface area (Å²) in [5, 5.41) is 21.6. The van der Waals surface area contributed by atoms with Gasteiger partial charge in [-0.1, -0.05) is 19.1 Å². The number of rotatable bonds is 5. The second kappa shape index (κ2) is 6.75. The Hall–Kier alpha value is -1.07. The molecule has 0 spiro atoms. The number of ether oxygens (including phenoxy) is 1. The van der Waals surface area contributed by atoms with Gasteiger partial charge in [-0.15, -0.1) is 0 Å². The third-order valence-corrected chi connectivity index (χ3v) is 2.54. The maximum absolute atomic E-state index is 11.6. The highest BCUT2D eigenvalue weighted by molar-refractivity contribution is 5.68. The molecule has 0 aliphatic rings. The van der Waals surface area contributed by atoms with Crippen molar-refractivity contribution in [3.05, 3.63) is 12.2 Å². The van der Waals surface area contributed by atoms with Gasteiger partial charge in [0.05, 0.1) is 18.8 Å². The van der Waals surface area contributed by atoms with Crippen LogP contribution < -0.4 is 5.32 Å². The minimum absolute atomic E-state index is 0.273. The smallest absolute Gasteiger partial charge is 0.407 e. The number of aliphatic hydroxyl groups excluding tert-OH is 2. The van der Waals surface area contributed by atoms with Crippen molar-refractivity contribution in [3.63, 3.8) is 0 Å². The lowest BCUT2D eigenvalue weighted by Crippen LogP contribution is -2.47. The molecule has 0 aliphatic heterocycles. The molecule has 18 heavy (non-hydrogen) atoms. The van der Waals surface area contributed by atoms with Gasteiger partial charge in [-0.25, -0.2) is 4.79 Å².